The number of benzene rings is 1. The fourth-order valence-electron chi connectivity index (χ4n) is 4.39. The van der Waals surface area contributed by atoms with Crippen molar-refractivity contribution in [2.24, 2.45) is 0 Å². The summed E-state index contributed by atoms with van der Waals surface area (Å²) in [5.74, 6) is 2.08. The minimum Gasteiger partial charge on any atom is -0.356 e. The average molecular weight is 421 g/mol. The van der Waals surface area contributed by atoms with Gasteiger partial charge in [0.2, 0.25) is 0 Å². The van der Waals surface area contributed by atoms with Crippen LogP contribution < -0.4 is 4.90 Å². The van der Waals surface area contributed by atoms with Crippen LogP contribution in [0.4, 0.5) is 5.82 Å². The fraction of sp³-hybridized carbons (Fsp3) is 0.348. The van der Waals surface area contributed by atoms with E-state index in [0.29, 0.717) is 0 Å². The Morgan fingerprint density at radius 2 is 1.77 bits per heavy atom. The van der Waals surface area contributed by atoms with Gasteiger partial charge in [-0.1, -0.05) is 30.7 Å². The van der Waals surface area contributed by atoms with Crippen molar-refractivity contribution in [3.8, 4) is 11.3 Å². The Hall–Kier alpha value is -2.86. The number of H-pyrrole nitrogens is 2. The van der Waals surface area contributed by atoms with Gasteiger partial charge in [-0.3, -0.25) is 0 Å². The van der Waals surface area contributed by atoms with E-state index in [0.717, 1.165) is 76.3 Å². The molecule has 1 aromatic carbocycles. The minimum absolute atomic E-state index is 0.00610. The Balaban J connectivity index is 1.39. The van der Waals surface area contributed by atoms with Gasteiger partial charge in [-0.15, -0.1) is 0 Å². The lowest BCUT2D eigenvalue weighted by atomic mass is 9.79. The zero-order chi connectivity index (χ0) is 20.9. The van der Waals surface area contributed by atoms with Gasteiger partial charge in [0.1, 0.15) is 23.6 Å². The molecule has 4 heterocycles. The van der Waals surface area contributed by atoms with Crippen molar-refractivity contribution in [2.75, 3.05) is 18.0 Å². The van der Waals surface area contributed by atoms with Gasteiger partial charge in [-0.05, 0) is 44.9 Å². The van der Waals surface area contributed by atoms with E-state index in [2.05, 4.69) is 51.7 Å². The summed E-state index contributed by atoms with van der Waals surface area (Å²) >= 11 is 6.05. The number of aryl methyl sites for hydroxylation is 2. The molecule has 154 valence electrons. The predicted molar refractivity (Wildman–Crippen MR) is 121 cm³/mol. The Bertz CT molecular complexity index is 1200. The molecule has 0 bridgehead atoms. The fourth-order valence-corrected chi connectivity index (χ4v) is 4.52. The molecule has 1 aliphatic rings. The van der Waals surface area contributed by atoms with E-state index in [-0.39, 0.29) is 5.41 Å². The summed E-state index contributed by atoms with van der Waals surface area (Å²) in [5, 5.41) is 1.83. The van der Waals surface area contributed by atoms with Crippen molar-refractivity contribution >= 4 is 28.5 Å². The van der Waals surface area contributed by atoms with Crippen molar-refractivity contribution in [3.63, 3.8) is 0 Å². The third-order valence-corrected chi connectivity index (χ3v) is 6.53. The Kier molecular flexibility index (Phi) is 4.54. The maximum atomic E-state index is 6.05. The second-order valence-electron chi connectivity index (χ2n) is 8.53. The number of hydrogen-bond acceptors (Lipinski definition) is 4. The van der Waals surface area contributed by atoms with Gasteiger partial charge in [0.25, 0.3) is 0 Å². The summed E-state index contributed by atoms with van der Waals surface area (Å²) in [6.45, 7) is 8.32. The lowest BCUT2D eigenvalue weighted by Crippen LogP contribution is -2.42. The van der Waals surface area contributed by atoms with Crippen LogP contribution in [-0.2, 0) is 5.41 Å². The first kappa shape index (κ1) is 19.1. The number of piperidine rings is 1. The van der Waals surface area contributed by atoms with E-state index >= 15 is 0 Å². The van der Waals surface area contributed by atoms with Gasteiger partial charge in [-0.2, -0.15) is 0 Å². The number of nitrogens with one attached hydrogen (secondary N) is 2. The van der Waals surface area contributed by atoms with E-state index in [4.69, 9.17) is 16.6 Å². The Morgan fingerprint density at radius 3 is 2.50 bits per heavy atom. The molecule has 1 fully saturated rings. The highest BCUT2D eigenvalue weighted by molar-refractivity contribution is 6.30. The van der Waals surface area contributed by atoms with Gasteiger partial charge >= 0.3 is 0 Å². The van der Waals surface area contributed by atoms with E-state index < -0.39 is 0 Å². The second kappa shape index (κ2) is 7.13. The summed E-state index contributed by atoms with van der Waals surface area (Å²) in [7, 11) is 0. The quantitative estimate of drug-likeness (QED) is 0.479. The highest BCUT2D eigenvalue weighted by atomic mass is 35.5. The van der Waals surface area contributed by atoms with Crippen molar-refractivity contribution in [3.05, 3.63) is 58.9 Å². The number of rotatable bonds is 3. The van der Waals surface area contributed by atoms with Crippen LogP contribution in [0.2, 0.25) is 5.02 Å². The highest BCUT2D eigenvalue weighted by Gasteiger charge is 2.35. The van der Waals surface area contributed by atoms with Crippen molar-refractivity contribution < 1.29 is 0 Å². The van der Waals surface area contributed by atoms with Crippen LogP contribution >= 0.6 is 11.6 Å². The zero-order valence-electron chi connectivity index (χ0n) is 17.5. The van der Waals surface area contributed by atoms with Crippen LogP contribution in [0.25, 0.3) is 22.3 Å². The van der Waals surface area contributed by atoms with Crippen molar-refractivity contribution in [1.29, 1.82) is 0 Å². The predicted octanol–water partition coefficient (Wildman–Crippen LogP) is 5.18. The first-order valence-corrected chi connectivity index (χ1v) is 10.7. The normalized spacial score (nSPS) is 16.3. The van der Waals surface area contributed by atoms with Crippen LogP contribution in [0.5, 0.6) is 0 Å². The largest absolute Gasteiger partial charge is 0.356 e. The van der Waals surface area contributed by atoms with Gasteiger partial charge in [0.15, 0.2) is 0 Å². The molecule has 0 unspecified atom stereocenters. The molecule has 7 heteroatoms. The van der Waals surface area contributed by atoms with Gasteiger partial charge in [-0.25, -0.2) is 15.0 Å². The van der Waals surface area contributed by atoms with Crippen LogP contribution in [0, 0.1) is 13.8 Å². The third kappa shape index (κ3) is 3.25. The molecule has 3 aromatic heterocycles. The van der Waals surface area contributed by atoms with E-state index in [9.17, 15) is 0 Å². The molecule has 1 aliphatic heterocycles. The van der Waals surface area contributed by atoms with Gasteiger partial charge in [0.05, 0.1) is 11.1 Å². The lowest BCUT2D eigenvalue weighted by molar-refractivity contribution is 0.345. The number of nitrogens with zero attached hydrogens (tertiary/aromatic N) is 4. The number of halogens is 1. The number of fused-ring (bicyclic) bond motifs is 1. The van der Waals surface area contributed by atoms with Crippen molar-refractivity contribution in [1.82, 2.24) is 24.9 Å². The Morgan fingerprint density at radius 1 is 1.03 bits per heavy atom. The Labute approximate surface area is 180 Å². The van der Waals surface area contributed by atoms with Crippen LogP contribution in [0.1, 0.15) is 37.0 Å². The molecule has 30 heavy (non-hydrogen) atoms. The molecule has 0 radical (unpaired) electrons. The molecule has 0 spiro atoms. The standard InChI is InChI=1S/C23H25ClN6/c1-14-12-18-20(27-14)25-13-26-21(18)30-10-8-23(3,9-11-30)22-28-15(2)19(29-22)16-4-6-17(24)7-5-16/h4-7,12-13H,8-11H2,1-3H3,(H,28,29)(H,25,26,27). The number of hydrogen-bond donors (Lipinski definition) is 2. The van der Waals surface area contributed by atoms with Crippen LogP contribution in [0.15, 0.2) is 36.7 Å². The molecular formula is C23H25ClN6. The van der Waals surface area contributed by atoms with E-state index in [1.165, 1.54) is 0 Å². The summed E-state index contributed by atoms with van der Waals surface area (Å²) in [4.78, 5) is 23.2. The summed E-state index contributed by atoms with van der Waals surface area (Å²) < 4.78 is 0. The number of imidazole rings is 1. The molecule has 4 aromatic rings. The molecule has 6 nitrogen and oxygen atoms in total. The smallest absolute Gasteiger partial charge is 0.143 e. The molecular weight excluding hydrogens is 396 g/mol. The molecule has 2 N–H and O–H groups in total. The van der Waals surface area contributed by atoms with Gasteiger partial charge < -0.3 is 14.9 Å². The van der Waals surface area contributed by atoms with Crippen LogP contribution in [-0.4, -0.2) is 38.0 Å². The molecule has 0 amide bonds. The molecule has 1 saturated heterocycles. The maximum Gasteiger partial charge on any atom is 0.143 e. The minimum atomic E-state index is 0.00610. The molecule has 0 atom stereocenters. The summed E-state index contributed by atoms with van der Waals surface area (Å²) in [6, 6.07) is 10.0. The third-order valence-electron chi connectivity index (χ3n) is 6.28. The lowest BCUT2D eigenvalue weighted by Gasteiger charge is -2.38. The second-order valence-corrected chi connectivity index (χ2v) is 8.96. The van der Waals surface area contributed by atoms with Crippen LogP contribution in [0.3, 0.4) is 0 Å². The summed E-state index contributed by atoms with van der Waals surface area (Å²) in [5.41, 5.74) is 5.20. The number of aromatic nitrogens is 5. The van der Waals surface area contributed by atoms with E-state index in [1.807, 2.05) is 24.3 Å². The first-order valence-electron chi connectivity index (χ1n) is 10.3. The topological polar surface area (TPSA) is 73.5 Å². The number of aromatic amines is 2. The van der Waals surface area contributed by atoms with E-state index in [1.54, 1.807) is 6.33 Å². The highest BCUT2D eigenvalue weighted by Crippen LogP contribution is 2.37. The zero-order valence-corrected chi connectivity index (χ0v) is 18.2. The average Bonchev–Trinajstić information content (AvgIpc) is 3.31. The first-order chi connectivity index (χ1) is 14.4. The number of anilines is 1. The monoisotopic (exact) mass is 420 g/mol. The molecule has 0 aliphatic carbocycles. The van der Waals surface area contributed by atoms with Gasteiger partial charge in [0, 0.05) is 40.5 Å². The molecule has 5 rings (SSSR count). The van der Waals surface area contributed by atoms with Crippen molar-refractivity contribution in [2.45, 2.75) is 39.0 Å². The maximum absolute atomic E-state index is 6.05. The summed E-state index contributed by atoms with van der Waals surface area (Å²) in [6.07, 6.45) is 3.67. The molecule has 0 saturated carbocycles. The SMILES string of the molecule is Cc1cc2c(N3CCC(C)(c4nc(-c5ccc(Cl)cc5)c(C)[nH]4)CC3)ncnc2[nH]1.